The summed E-state index contributed by atoms with van der Waals surface area (Å²) >= 11 is 0. The number of hydrogen-bond donors (Lipinski definition) is 0. The Morgan fingerprint density at radius 1 is 1.18 bits per heavy atom. The molecule has 1 aromatic carbocycles. The molecule has 0 amide bonds. The lowest BCUT2D eigenvalue weighted by atomic mass is 10.2. The lowest BCUT2D eigenvalue weighted by Gasteiger charge is -2.11. The van der Waals surface area contributed by atoms with Crippen molar-refractivity contribution < 1.29 is 13.2 Å². The smallest absolute Gasteiger partial charge is 0.227 e. The Labute approximate surface area is 94.7 Å². The van der Waals surface area contributed by atoms with Gasteiger partial charge in [0.25, 0.3) is 0 Å². The van der Waals surface area contributed by atoms with Gasteiger partial charge >= 0.3 is 6.18 Å². The number of para-hydroxylation sites is 1. The summed E-state index contributed by atoms with van der Waals surface area (Å²) in [6.45, 7) is 0. The normalized spacial score (nSPS) is 11.2. The summed E-state index contributed by atoms with van der Waals surface area (Å²) in [6, 6.07) is 8.70. The molecule has 6 heteroatoms. The van der Waals surface area contributed by atoms with E-state index >= 15 is 0 Å². The van der Waals surface area contributed by atoms with Crippen molar-refractivity contribution in [3.05, 3.63) is 47.8 Å². The molecule has 0 spiro atoms. The van der Waals surface area contributed by atoms with E-state index < -0.39 is 11.9 Å². The van der Waals surface area contributed by atoms with E-state index in [1.165, 1.54) is 12.1 Å². The van der Waals surface area contributed by atoms with Crippen molar-refractivity contribution in [2.45, 2.75) is 6.18 Å². The second kappa shape index (κ2) is 3.94. The molecule has 0 saturated heterocycles. The van der Waals surface area contributed by atoms with Gasteiger partial charge in [0.1, 0.15) is 11.8 Å². The molecule has 0 aliphatic carbocycles. The standard InChI is InChI=1S/C11H6F3N3/c12-11(13,14)10-5-6-16-17(10)9-4-2-1-3-8(9)7-15/h1-6H. The lowest BCUT2D eigenvalue weighted by molar-refractivity contribution is -0.142. The van der Waals surface area contributed by atoms with Gasteiger partial charge in [0.15, 0.2) is 0 Å². The Bertz CT molecular complexity index is 578. The number of rotatable bonds is 1. The molecule has 0 N–H and O–H groups in total. The van der Waals surface area contributed by atoms with Crippen LogP contribution in [0.15, 0.2) is 36.5 Å². The van der Waals surface area contributed by atoms with Crippen LogP contribution in [0.25, 0.3) is 5.69 Å². The van der Waals surface area contributed by atoms with Gasteiger partial charge in [-0.2, -0.15) is 23.5 Å². The lowest BCUT2D eigenvalue weighted by Crippen LogP contribution is -2.13. The van der Waals surface area contributed by atoms with Crippen molar-refractivity contribution in [1.82, 2.24) is 9.78 Å². The van der Waals surface area contributed by atoms with E-state index in [-0.39, 0.29) is 11.3 Å². The van der Waals surface area contributed by atoms with E-state index in [4.69, 9.17) is 5.26 Å². The number of nitrogens with zero attached hydrogens (tertiary/aromatic N) is 3. The Morgan fingerprint density at radius 2 is 1.88 bits per heavy atom. The summed E-state index contributed by atoms with van der Waals surface area (Å²) in [6.07, 6.45) is -3.45. The van der Waals surface area contributed by atoms with E-state index in [1.54, 1.807) is 12.1 Å². The highest BCUT2D eigenvalue weighted by molar-refractivity contribution is 5.48. The zero-order valence-corrected chi connectivity index (χ0v) is 8.44. The maximum Gasteiger partial charge on any atom is 0.433 e. The first kappa shape index (κ1) is 11.2. The van der Waals surface area contributed by atoms with Gasteiger partial charge in [-0.15, -0.1) is 0 Å². The topological polar surface area (TPSA) is 41.6 Å². The Kier molecular flexibility index (Phi) is 2.60. The van der Waals surface area contributed by atoms with Crippen molar-refractivity contribution in [2.24, 2.45) is 0 Å². The third kappa shape index (κ3) is 1.99. The summed E-state index contributed by atoms with van der Waals surface area (Å²) in [5.41, 5.74) is -0.644. The zero-order chi connectivity index (χ0) is 12.5. The van der Waals surface area contributed by atoms with Crippen LogP contribution >= 0.6 is 0 Å². The van der Waals surface area contributed by atoms with Crippen LogP contribution in [0.3, 0.4) is 0 Å². The van der Waals surface area contributed by atoms with E-state index in [0.29, 0.717) is 0 Å². The van der Waals surface area contributed by atoms with Gasteiger partial charge in [0.2, 0.25) is 0 Å². The summed E-state index contributed by atoms with van der Waals surface area (Å²) in [7, 11) is 0. The molecule has 0 bridgehead atoms. The molecule has 17 heavy (non-hydrogen) atoms. The summed E-state index contributed by atoms with van der Waals surface area (Å²) < 4.78 is 38.7. The molecule has 2 rings (SSSR count). The molecule has 0 unspecified atom stereocenters. The quantitative estimate of drug-likeness (QED) is 0.765. The van der Waals surface area contributed by atoms with Gasteiger partial charge < -0.3 is 0 Å². The van der Waals surface area contributed by atoms with Crippen LogP contribution < -0.4 is 0 Å². The maximum atomic E-state index is 12.7. The van der Waals surface area contributed by atoms with Crippen LogP contribution in [-0.2, 0) is 6.18 Å². The van der Waals surface area contributed by atoms with Gasteiger partial charge in [0, 0.05) is 0 Å². The molecule has 1 aromatic heterocycles. The number of nitriles is 1. The molecule has 0 aliphatic heterocycles. The Morgan fingerprint density at radius 3 is 2.53 bits per heavy atom. The second-order valence-corrected chi connectivity index (χ2v) is 3.25. The minimum atomic E-state index is -4.50. The average Bonchev–Trinajstić information content (AvgIpc) is 2.77. The zero-order valence-electron chi connectivity index (χ0n) is 8.44. The highest BCUT2D eigenvalue weighted by Crippen LogP contribution is 2.31. The van der Waals surface area contributed by atoms with Gasteiger partial charge in [-0.25, -0.2) is 4.68 Å². The van der Waals surface area contributed by atoms with E-state index in [9.17, 15) is 13.2 Å². The molecular formula is C11H6F3N3. The summed E-state index contributed by atoms with van der Waals surface area (Å²) in [5.74, 6) is 0. The first-order chi connectivity index (χ1) is 8.04. The van der Waals surface area contributed by atoms with Gasteiger partial charge in [-0.3, -0.25) is 0 Å². The largest absolute Gasteiger partial charge is 0.433 e. The van der Waals surface area contributed by atoms with Crippen LogP contribution in [0.2, 0.25) is 0 Å². The van der Waals surface area contributed by atoms with Crippen LogP contribution in [0, 0.1) is 11.3 Å². The first-order valence-electron chi connectivity index (χ1n) is 4.65. The Balaban J connectivity index is 2.63. The number of aromatic nitrogens is 2. The fraction of sp³-hybridized carbons (Fsp3) is 0.0909. The minimum Gasteiger partial charge on any atom is -0.227 e. The predicted octanol–water partition coefficient (Wildman–Crippen LogP) is 2.76. The number of hydrogen-bond acceptors (Lipinski definition) is 2. The molecule has 0 aliphatic rings. The number of alkyl halides is 3. The first-order valence-corrected chi connectivity index (χ1v) is 4.65. The van der Waals surface area contributed by atoms with Crippen LogP contribution in [-0.4, -0.2) is 9.78 Å². The van der Waals surface area contributed by atoms with Crippen molar-refractivity contribution >= 4 is 0 Å². The highest BCUT2D eigenvalue weighted by atomic mass is 19.4. The molecular weight excluding hydrogens is 231 g/mol. The monoisotopic (exact) mass is 237 g/mol. The van der Waals surface area contributed by atoms with Gasteiger partial charge in [0.05, 0.1) is 17.4 Å². The molecule has 0 atom stereocenters. The minimum absolute atomic E-state index is 0.118. The van der Waals surface area contributed by atoms with E-state index in [0.717, 1.165) is 16.9 Å². The third-order valence-corrected chi connectivity index (χ3v) is 2.19. The summed E-state index contributed by atoms with van der Waals surface area (Å²) in [4.78, 5) is 0. The summed E-state index contributed by atoms with van der Waals surface area (Å²) in [5, 5.41) is 12.4. The average molecular weight is 237 g/mol. The highest BCUT2D eigenvalue weighted by Gasteiger charge is 2.35. The van der Waals surface area contributed by atoms with Gasteiger partial charge in [-0.1, -0.05) is 12.1 Å². The van der Waals surface area contributed by atoms with E-state index in [2.05, 4.69) is 5.10 Å². The molecule has 0 saturated carbocycles. The van der Waals surface area contributed by atoms with Crippen molar-refractivity contribution in [2.75, 3.05) is 0 Å². The second-order valence-electron chi connectivity index (χ2n) is 3.25. The number of halogens is 3. The fourth-order valence-corrected chi connectivity index (χ4v) is 1.46. The van der Waals surface area contributed by atoms with Gasteiger partial charge in [-0.05, 0) is 18.2 Å². The predicted molar refractivity (Wildman–Crippen MR) is 53.3 cm³/mol. The Hall–Kier alpha value is -2.29. The van der Waals surface area contributed by atoms with Crippen LogP contribution in [0.4, 0.5) is 13.2 Å². The fourth-order valence-electron chi connectivity index (χ4n) is 1.46. The van der Waals surface area contributed by atoms with Crippen molar-refractivity contribution in [3.8, 4) is 11.8 Å². The molecule has 0 fully saturated rings. The molecule has 2 aromatic rings. The SMILES string of the molecule is N#Cc1ccccc1-n1nccc1C(F)(F)F. The van der Waals surface area contributed by atoms with Crippen molar-refractivity contribution in [3.63, 3.8) is 0 Å². The molecule has 1 heterocycles. The molecule has 86 valence electrons. The maximum absolute atomic E-state index is 12.7. The molecule has 3 nitrogen and oxygen atoms in total. The molecule has 0 radical (unpaired) electrons. The van der Waals surface area contributed by atoms with Crippen molar-refractivity contribution in [1.29, 1.82) is 5.26 Å². The number of benzene rings is 1. The van der Waals surface area contributed by atoms with Crippen LogP contribution in [0.1, 0.15) is 11.3 Å². The van der Waals surface area contributed by atoms with E-state index in [1.807, 2.05) is 6.07 Å². The third-order valence-electron chi connectivity index (χ3n) is 2.19. The van der Waals surface area contributed by atoms with Crippen LogP contribution in [0.5, 0.6) is 0 Å².